The molecule has 61 heavy (non-hydrogen) atoms. The van der Waals surface area contributed by atoms with E-state index >= 15 is 0 Å². The van der Waals surface area contributed by atoms with Gasteiger partial charge in [-0.05, 0) is 116 Å². The van der Waals surface area contributed by atoms with Crippen molar-refractivity contribution >= 4 is 17.9 Å². The maximum absolute atomic E-state index is 10.2. The average molecular weight is 1000 g/mol. The van der Waals surface area contributed by atoms with Gasteiger partial charge in [0.25, 0.3) is 0 Å². The largest absolute Gasteiger partial charge is 3.00 e. The molecule has 0 N–H and O–H groups in total. The summed E-state index contributed by atoms with van der Waals surface area (Å²) in [5, 5.41) is 30.6. The molecule has 0 aromatic rings. The molecule has 0 amide bonds. The molecule has 0 atom stereocenters. The number of carbonyl (C=O) groups is 3. The standard InChI is InChI=1S/3C18H34O2.Tb/c3*1-2-3-4-5-6-7-8-9-10-11-12-13-14-15-16-17-18(19)20;/h3*9-10H,2-8,11-17H2,1H3,(H,19,20);/q;;;+3/p-3/b3*10-9-;. The summed E-state index contributed by atoms with van der Waals surface area (Å²) < 4.78 is 0. The van der Waals surface area contributed by atoms with Gasteiger partial charge in [0.2, 0.25) is 0 Å². The van der Waals surface area contributed by atoms with Crippen molar-refractivity contribution < 1.29 is 68.3 Å². The first-order valence-corrected chi connectivity index (χ1v) is 25.9. The van der Waals surface area contributed by atoms with Crippen molar-refractivity contribution in [2.45, 2.75) is 290 Å². The van der Waals surface area contributed by atoms with Crippen LogP contribution in [0.15, 0.2) is 36.5 Å². The molecular formula is C54H99O6Tb. The molecule has 0 saturated carbocycles. The van der Waals surface area contributed by atoms with E-state index in [2.05, 4.69) is 57.2 Å². The fourth-order valence-corrected chi connectivity index (χ4v) is 7.02. The molecule has 0 aliphatic carbocycles. The summed E-state index contributed by atoms with van der Waals surface area (Å²) in [6.45, 7) is 6.77. The normalized spacial score (nSPS) is 11.1. The molecule has 7 heteroatoms. The Labute approximate surface area is 410 Å². The maximum atomic E-state index is 10.2. The van der Waals surface area contributed by atoms with E-state index in [0.29, 0.717) is 0 Å². The van der Waals surface area contributed by atoms with Crippen LogP contribution in [-0.2, 0) is 14.4 Å². The average Bonchev–Trinajstić information content (AvgIpc) is 3.22. The topological polar surface area (TPSA) is 120 Å². The number of hydrogen-bond donors (Lipinski definition) is 0. The second-order valence-corrected chi connectivity index (χ2v) is 17.1. The first-order valence-electron chi connectivity index (χ1n) is 25.9. The molecule has 0 radical (unpaired) electrons. The van der Waals surface area contributed by atoms with E-state index in [1.165, 1.54) is 193 Å². The fraction of sp³-hybridized carbons (Fsp3) is 0.833. The van der Waals surface area contributed by atoms with Gasteiger partial charge < -0.3 is 29.7 Å². The van der Waals surface area contributed by atoms with Crippen molar-refractivity contribution in [1.82, 2.24) is 0 Å². The third kappa shape index (κ3) is 76.6. The van der Waals surface area contributed by atoms with Gasteiger partial charge in [0.1, 0.15) is 0 Å². The number of unbranched alkanes of at least 4 members (excludes halogenated alkanes) is 33. The Kier molecular flexibility index (Phi) is 68.9. The van der Waals surface area contributed by atoms with Crippen molar-refractivity contribution in [1.29, 1.82) is 0 Å². The van der Waals surface area contributed by atoms with E-state index in [0.717, 1.165) is 57.8 Å². The molecule has 0 unspecified atom stereocenters. The Bertz CT molecular complexity index is 827. The molecule has 0 bridgehead atoms. The molecule has 360 valence electrons. The number of aliphatic carboxylic acids is 3. The molecule has 0 rings (SSSR count). The summed E-state index contributed by atoms with van der Waals surface area (Å²) in [6, 6.07) is 0. The van der Waals surface area contributed by atoms with Crippen molar-refractivity contribution in [3.63, 3.8) is 0 Å². The molecule has 0 aliphatic heterocycles. The first-order chi connectivity index (χ1) is 29.3. The minimum absolute atomic E-state index is 0. The van der Waals surface area contributed by atoms with Crippen LogP contribution in [0.25, 0.3) is 0 Å². The van der Waals surface area contributed by atoms with Crippen LogP contribution in [0.4, 0.5) is 0 Å². The summed E-state index contributed by atoms with van der Waals surface area (Å²) in [5.74, 6) is -2.74. The molecule has 0 aromatic heterocycles. The molecule has 0 fully saturated rings. The summed E-state index contributed by atoms with van der Waals surface area (Å²) in [5.41, 5.74) is 0. The monoisotopic (exact) mass is 1000 g/mol. The minimum atomic E-state index is -0.914. The molecule has 0 aromatic carbocycles. The zero-order valence-electron chi connectivity index (χ0n) is 40.4. The Morgan fingerprint density at radius 1 is 0.262 bits per heavy atom. The van der Waals surface area contributed by atoms with Crippen LogP contribution in [0.1, 0.15) is 290 Å². The van der Waals surface area contributed by atoms with Gasteiger partial charge in [-0.1, -0.05) is 211 Å². The number of carbonyl (C=O) groups excluding carboxylic acids is 3. The van der Waals surface area contributed by atoms with E-state index < -0.39 is 17.9 Å². The number of rotatable bonds is 45. The molecule has 0 saturated heterocycles. The first kappa shape index (κ1) is 66.5. The van der Waals surface area contributed by atoms with E-state index in [9.17, 15) is 29.7 Å². The van der Waals surface area contributed by atoms with Gasteiger partial charge in [-0.25, -0.2) is 0 Å². The molecule has 6 nitrogen and oxygen atoms in total. The fourth-order valence-electron chi connectivity index (χ4n) is 7.02. The Morgan fingerprint density at radius 2 is 0.410 bits per heavy atom. The van der Waals surface area contributed by atoms with E-state index in [1.54, 1.807) is 0 Å². The summed E-state index contributed by atoms with van der Waals surface area (Å²) in [4.78, 5) is 30.6. The second kappa shape index (κ2) is 63.2. The van der Waals surface area contributed by atoms with Crippen LogP contribution in [0.5, 0.6) is 0 Å². The number of carboxylic acids is 3. The molecule has 0 aliphatic rings. The van der Waals surface area contributed by atoms with Gasteiger partial charge in [0.15, 0.2) is 0 Å². The summed E-state index contributed by atoms with van der Waals surface area (Å²) in [6.07, 6.45) is 62.7. The third-order valence-electron chi connectivity index (χ3n) is 10.9. The zero-order valence-corrected chi connectivity index (χ0v) is 42.6. The smallest absolute Gasteiger partial charge is 0.550 e. The Morgan fingerprint density at radius 3 is 0.574 bits per heavy atom. The van der Waals surface area contributed by atoms with Crippen LogP contribution < -0.4 is 15.3 Å². The van der Waals surface area contributed by atoms with E-state index in [1.807, 2.05) is 0 Å². The number of hydrogen-bond acceptors (Lipinski definition) is 6. The van der Waals surface area contributed by atoms with Crippen molar-refractivity contribution in [2.75, 3.05) is 0 Å². The minimum Gasteiger partial charge on any atom is -0.550 e. The second-order valence-electron chi connectivity index (χ2n) is 17.1. The molecule has 0 heterocycles. The van der Waals surface area contributed by atoms with Crippen LogP contribution in [0.3, 0.4) is 0 Å². The number of carboxylic acid groups (broad SMARTS) is 3. The van der Waals surface area contributed by atoms with Crippen LogP contribution >= 0.6 is 0 Å². The third-order valence-corrected chi connectivity index (χ3v) is 10.9. The number of allylic oxidation sites excluding steroid dienone is 6. The predicted molar refractivity (Wildman–Crippen MR) is 253 cm³/mol. The Balaban J connectivity index is -0.000000396. The van der Waals surface area contributed by atoms with Gasteiger partial charge in [0.05, 0.1) is 0 Å². The van der Waals surface area contributed by atoms with E-state index in [-0.39, 0.29) is 57.9 Å². The van der Waals surface area contributed by atoms with Gasteiger partial charge in [-0.15, -0.1) is 0 Å². The van der Waals surface area contributed by atoms with Gasteiger partial charge in [-0.3, -0.25) is 0 Å². The molecular weight excluding hydrogens is 904 g/mol. The van der Waals surface area contributed by atoms with Gasteiger partial charge >= 0.3 is 38.6 Å². The van der Waals surface area contributed by atoms with Crippen LogP contribution in [0.2, 0.25) is 0 Å². The van der Waals surface area contributed by atoms with Crippen molar-refractivity contribution in [3.05, 3.63) is 36.5 Å². The predicted octanol–water partition coefficient (Wildman–Crippen LogP) is 14.3. The van der Waals surface area contributed by atoms with Crippen LogP contribution in [-0.4, -0.2) is 17.9 Å². The molecule has 0 spiro atoms. The van der Waals surface area contributed by atoms with E-state index in [4.69, 9.17) is 0 Å². The summed E-state index contributed by atoms with van der Waals surface area (Å²) >= 11 is 0. The quantitative estimate of drug-likeness (QED) is 0.0443. The summed E-state index contributed by atoms with van der Waals surface area (Å²) in [7, 11) is 0. The SMILES string of the molecule is CCCCCCCC/C=C\CCCCCCCC(=O)[O-].CCCCCCCC/C=C\CCCCCCCC(=O)[O-].CCCCCCCC/C=C\CCCCCCCC(=O)[O-].[Tb+3]. The van der Waals surface area contributed by atoms with Gasteiger partial charge in [0, 0.05) is 17.9 Å². The van der Waals surface area contributed by atoms with Gasteiger partial charge in [-0.2, -0.15) is 0 Å². The van der Waals surface area contributed by atoms with Crippen molar-refractivity contribution in [2.24, 2.45) is 0 Å². The van der Waals surface area contributed by atoms with Crippen molar-refractivity contribution in [3.8, 4) is 0 Å². The maximum Gasteiger partial charge on any atom is 3.00 e. The van der Waals surface area contributed by atoms with Crippen LogP contribution in [0, 0.1) is 38.6 Å². The Hall–Kier alpha value is -1.08. The zero-order chi connectivity index (χ0) is 44.7.